The van der Waals surface area contributed by atoms with E-state index in [-0.39, 0.29) is 37.4 Å². The highest BCUT2D eigenvalue weighted by molar-refractivity contribution is 5.92. The number of nitrogens with one attached hydrogen (secondary N) is 2. The molecule has 1 saturated heterocycles. The highest BCUT2D eigenvalue weighted by Crippen LogP contribution is 2.32. The fourth-order valence-corrected chi connectivity index (χ4v) is 5.83. The van der Waals surface area contributed by atoms with Gasteiger partial charge in [0.25, 0.3) is 0 Å². The number of benzene rings is 1. The first-order valence-electron chi connectivity index (χ1n) is 15.6. The van der Waals surface area contributed by atoms with Gasteiger partial charge in [-0.05, 0) is 44.6 Å². The maximum atomic E-state index is 13.1. The zero-order chi connectivity index (χ0) is 29.5. The fourth-order valence-electron chi connectivity index (χ4n) is 5.83. The number of hydrogen-bond acceptors (Lipinski definition) is 7. The van der Waals surface area contributed by atoms with Gasteiger partial charge in [0.15, 0.2) is 0 Å². The summed E-state index contributed by atoms with van der Waals surface area (Å²) in [5, 5.41) is 16.6. The molecule has 9 nitrogen and oxygen atoms in total. The second-order valence-corrected chi connectivity index (χ2v) is 11.3. The molecule has 0 unspecified atom stereocenters. The number of unbranched alkanes of at least 4 members (excludes halogenated alkanes) is 7. The number of esters is 1. The summed E-state index contributed by atoms with van der Waals surface area (Å²) in [6, 6.07) is 9.47. The van der Waals surface area contributed by atoms with Gasteiger partial charge in [-0.1, -0.05) is 82.2 Å². The predicted octanol–water partition coefficient (Wildman–Crippen LogP) is 4.86. The number of aliphatic hydroxyl groups is 1. The summed E-state index contributed by atoms with van der Waals surface area (Å²) in [4.78, 5) is 25.0. The van der Waals surface area contributed by atoms with E-state index < -0.39 is 6.09 Å². The van der Waals surface area contributed by atoms with Crippen LogP contribution in [0.25, 0.3) is 0 Å². The molecule has 2 aliphatic rings. The van der Waals surface area contributed by atoms with Crippen molar-refractivity contribution in [3.05, 3.63) is 47.2 Å². The van der Waals surface area contributed by atoms with Crippen LogP contribution in [0, 0.1) is 0 Å². The van der Waals surface area contributed by atoms with Gasteiger partial charge < -0.3 is 19.9 Å². The molecule has 1 aromatic carbocycles. The van der Waals surface area contributed by atoms with Gasteiger partial charge in [-0.25, -0.2) is 14.9 Å². The Kier molecular flexibility index (Phi) is 14.0. The first-order chi connectivity index (χ1) is 19.9. The Hall–Kier alpha value is -3.07. The van der Waals surface area contributed by atoms with Crippen LogP contribution >= 0.6 is 0 Å². The Labute approximate surface area is 245 Å². The van der Waals surface area contributed by atoms with Crippen LogP contribution in [-0.2, 0) is 20.9 Å². The summed E-state index contributed by atoms with van der Waals surface area (Å²) in [6.45, 7) is 5.02. The predicted molar refractivity (Wildman–Crippen MR) is 160 cm³/mol. The number of rotatable bonds is 18. The van der Waals surface area contributed by atoms with Crippen molar-refractivity contribution in [3.8, 4) is 0 Å². The summed E-state index contributed by atoms with van der Waals surface area (Å²) in [7, 11) is 0. The molecule has 0 aliphatic carbocycles. The SMILES string of the molecule is CCCCCCCCC[C@H](O)C[C@@H]1CC[C@H]2C(C(=O)OCCCCNC(=O)OCc3ccccc3)=C(C)NC(N)=[N+]12. The standard InChI is InChI=1S/C32H50N4O5/c1-3-4-5-6-7-8-12-17-27(37)22-26-18-19-28-29(24(2)35-31(33)36(26)28)30(38)40-21-14-13-20-34-32(39)41-23-25-15-10-9-11-16-25/h9-11,15-16,26-28,37H,3-8,12-14,17-23H2,1-2H3,(H3,33,34,35,38,39)/p+1/t26-,27-,28-/m0/s1. The molecular weight excluding hydrogens is 520 g/mol. The number of hydrogen-bond donors (Lipinski definition) is 4. The van der Waals surface area contributed by atoms with Crippen molar-refractivity contribution in [2.45, 2.75) is 122 Å². The lowest BCUT2D eigenvalue weighted by molar-refractivity contribution is -0.576. The normalized spacial score (nSPS) is 19.0. The molecule has 2 aliphatic heterocycles. The molecule has 0 spiro atoms. The van der Waals surface area contributed by atoms with Crippen LogP contribution in [0.15, 0.2) is 41.6 Å². The van der Waals surface area contributed by atoms with Crippen molar-refractivity contribution in [2.75, 3.05) is 13.2 Å². The smallest absolute Gasteiger partial charge is 0.407 e. The average Bonchev–Trinajstić information content (AvgIpc) is 3.37. The van der Waals surface area contributed by atoms with E-state index >= 15 is 0 Å². The Balaban J connectivity index is 1.35. The third-order valence-electron chi connectivity index (χ3n) is 8.02. The largest absolute Gasteiger partial charge is 0.462 e. The van der Waals surface area contributed by atoms with E-state index in [2.05, 4.69) is 22.1 Å². The molecule has 5 N–H and O–H groups in total. The molecule has 3 rings (SSSR count). The lowest BCUT2D eigenvalue weighted by atomic mass is 10.0. The number of fused-ring (bicyclic) bond motifs is 1. The summed E-state index contributed by atoms with van der Waals surface area (Å²) in [6.07, 6.45) is 12.2. The second-order valence-electron chi connectivity index (χ2n) is 11.3. The van der Waals surface area contributed by atoms with E-state index in [9.17, 15) is 14.7 Å². The topological polar surface area (TPSA) is 126 Å². The number of nitrogens with two attached hydrogens (primary N) is 1. The summed E-state index contributed by atoms with van der Waals surface area (Å²) in [5.74, 6) is 0.205. The van der Waals surface area contributed by atoms with E-state index in [1.54, 1.807) is 0 Å². The Morgan fingerprint density at radius 2 is 1.78 bits per heavy atom. The molecule has 228 valence electrons. The number of amides is 1. The van der Waals surface area contributed by atoms with Crippen molar-refractivity contribution in [2.24, 2.45) is 5.73 Å². The minimum Gasteiger partial charge on any atom is -0.462 e. The van der Waals surface area contributed by atoms with Crippen LogP contribution in [0.4, 0.5) is 4.79 Å². The van der Waals surface area contributed by atoms with Gasteiger partial charge in [-0.2, -0.15) is 0 Å². The van der Waals surface area contributed by atoms with Gasteiger partial charge in [-0.15, -0.1) is 0 Å². The third-order valence-corrected chi connectivity index (χ3v) is 8.02. The maximum Gasteiger partial charge on any atom is 0.407 e. The minimum atomic E-state index is -0.461. The quantitative estimate of drug-likeness (QED) is 0.113. The zero-order valence-corrected chi connectivity index (χ0v) is 25.0. The van der Waals surface area contributed by atoms with Crippen LogP contribution in [0.1, 0.15) is 103 Å². The third kappa shape index (κ3) is 10.7. The molecule has 3 atom stereocenters. The monoisotopic (exact) mass is 571 g/mol. The lowest BCUT2D eigenvalue weighted by Gasteiger charge is -2.26. The van der Waals surface area contributed by atoms with Crippen molar-refractivity contribution in [3.63, 3.8) is 0 Å². The van der Waals surface area contributed by atoms with Crippen molar-refractivity contribution < 1.29 is 28.7 Å². The maximum absolute atomic E-state index is 13.1. The van der Waals surface area contributed by atoms with Crippen molar-refractivity contribution >= 4 is 18.0 Å². The Morgan fingerprint density at radius 1 is 1.05 bits per heavy atom. The van der Waals surface area contributed by atoms with E-state index in [1.807, 2.05) is 37.3 Å². The molecule has 0 bridgehead atoms. The first kappa shape index (κ1) is 32.4. The van der Waals surface area contributed by atoms with E-state index in [0.717, 1.165) is 36.9 Å². The fraction of sp³-hybridized carbons (Fsp3) is 0.656. The Morgan fingerprint density at radius 3 is 2.54 bits per heavy atom. The van der Waals surface area contributed by atoms with Crippen LogP contribution in [0.2, 0.25) is 0 Å². The van der Waals surface area contributed by atoms with Crippen LogP contribution in [-0.4, -0.2) is 59.0 Å². The number of aliphatic hydroxyl groups excluding tert-OH is 1. The summed E-state index contributed by atoms with van der Waals surface area (Å²) >= 11 is 0. The van der Waals surface area contributed by atoms with Crippen LogP contribution in [0.5, 0.6) is 0 Å². The number of carbonyl (C=O) groups is 2. The average molecular weight is 572 g/mol. The molecule has 0 aromatic heterocycles. The summed E-state index contributed by atoms with van der Waals surface area (Å²) < 4.78 is 12.9. The highest BCUT2D eigenvalue weighted by atomic mass is 16.5. The molecule has 41 heavy (non-hydrogen) atoms. The molecule has 9 heteroatoms. The van der Waals surface area contributed by atoms with Gasteiger partial charge in [0.05, 0.1) is 24.4 Å². The van der Waals surface area contributed by atoms with Gasteiger partial charge in [0.2, 0.25) is 0 Å². The molecule has 0 saturated carbocycles. The number of allylic oxidation sites excluding steroid dienone is 1. The molecule has 1 aromatic rings. The molecule has 1 amide bonds. The van der Waals surface area contributed by atoms with E-state index in [0.29, 0.717) is 37.3 Å². The number of guanidine groups is 1. The van der Waals surface area contributed by atoms with E-state index in [4.69, 9.17) is 15.2 Å². The first-order valence-corrected chi connectivity index (χ1v) is 15.6. The lowest BCUT2D eigenvalue weighted by Crippen LogP contribution is -2.51. The van der Waals surface area contributed by atoms with Crippen LogP contribution < -0.4 is 16.4 Å². The zero-order valence-electron chi connectivity index (χ0n) is 25.0. The summed E-state index contributed by atoms with van der Waals surface area (Å²) in [5.41, 5.74) is 8.64. The van der Waals surface area contributed by atoms with Gasteiger partial charge in [0.1, 0.15) is 18.2 Å². The highest BCUT2D eigenvalue weighted by Gasteiger charge is 2.44. The number of ether oxygens (including phenoxy) is 2. The van der Waals surface area contributed by atoms with Gasteiger partial charge in [-0.3, -0.25) is 10.3 Å². The second kappa shape index (κ2) is 17.7. The van der Waals surface area contributed by atoms with Gasteiger partial charge >= 0.3 is 18.0 Å². The molecule has 1 fully saturated rings. The number of alkyl carbamates (subject to hydrolysis) is 1. The molecule has 0 radical (unpaired) electrons. The Bertz CT molecular complexity index is 1030. The van der Waals surface area contributed by atoms with E-state index in [1.165, 1.54) is 38.5 Å². The number of carbonyl (C=O) groups excluding carboxylic acids is 2. The van der Waals surface area contributed by atoms with Crippen molar-refractivity contribution in [1.29, 1.82) is 0 Å². The minimum absolute atomic E-state index is 0.0932. The van der Waals surface area contributed by atoms with Crippen molar-refractivity contribution in [1.82, 2.24) is 10.6 Å². The molecular formula is C32H51N4O5+. The molecule has 2 heterocycles. The van der Waals surface area contributed by atoms with Crippen LogP contribution in [0.3, 0.4) is 0 Å². The van der Waals surface area contributed by atoms with Gasteiger partial charge in [0, 0.05) is 13.0 Å². The number of nitrogens with zero attached hydrogens (tertiary/aromatic N) is 1.